The number of nitrogens with zero attached hydrogens (tertiary/aromatic N) is 1. The highest BCUT2D eigenvalue weighted by Gasteiger charge is 2.59. The molecule has 0 radical (unpaired) electrons. The molecule has 4 nitrogen and oxygen atoms in total. The van der Waals surface area contributed by atoms with Gasteiger partial charge in [-0.15, -0.1) is 0 Å². The van der Waals surface area contributed by atoms with Crippen molar-refractivity contribution in [1.29, 1.82) is 0 Å². The zero-order chi connectivity index (χ0) is 16.6. The number of aliphatic hydroxyl groups is 1. The Hall–Kier alpha value is -2.04. The predicted molar refractivity (Wildman–Crippen MR) is 92.9 cm³/mol. The molecule has 3 atom stereocenters. The van der Waals surface area contributed by atoms with Crippen molar-refractivity contribution in [1.82, 2.24) is 0 Å². The summed E-state index contributed by atoms with van der Waals surface area (Å²) in [7, 11) is 1.69. The van der Waals surface area contributed by atoms with Gasteiger partial charge in [0.15, 0.2) is 0 Å². The first-order valence-corrected chi connectivity index (χ1v) is 8.55. The number of aliphatic hydroxyl groups excluding tert-OH is 1. The second-order valence-corrected chi connectivity index (χ2v) is 6.68. The Kier molecular flexibility index (Phi) is 3.94. The van der Waals surface area contributed by atoms with Crippen molar-refractivity contribution in [2.75, 3.05) is 18.8 Å². The standard InChI is InChI=1S/C20H23NO3/c1-23-17-11-6-5-10-16(17)19-20(14-22)13-7-12-18(20)24-21(19)15-8-3-2-4-9-15/h2-6,8-11,18-19,22H,7,12-14H2,1H3/t18-,19+,20-/m0/s1. The molecule has 4 heteroatoms. The van der Waals surface area contributed by atoms with Crippen molar-refractivity contribution < 1.29 is 14.7 Å². The van der Waals surface area contributed by atoms with E-state index in [0.717, 1.165) is 36.3 Å². The van der Waals surface area contributed by atoms with Crippen molar-refractivity contribution in [3.05, 3.63) is 60.2 Å². The maximum Gasteiger partial charge on any atom is 0.124 e. The molecule has 0 aromatic heterocycles. The minimum Gasteiger partial charge on any atom is -0.496 e. The molecule has 4 rings (SSSR count). The average molecular weight is 325 g/mol. The summed E-state index contributed by atoms with van der Waals surface area (Å²) < 4.78 is 5.62. The fourth-order valence-corrected chi connectivity index (χ4v) is 4.35. The van der Waals surface area contributed by atoms with Crippen LogP contribution in [-0.2, 0) is 4.84 Å². The smallest absolute Gasteiger partial charge is 0.124 e. The van der Waals surface area contributed by atoms with Gasteiger partial charge in [-0.1, -0.05) is 36.4 Å². The van der Waals surface area contributed by atoms with Gasteiger partial charge < -0.3 is 9.84 Å². The number of para-hydroxylation sites is 2. The van der Waals surface area contributed by atoms with Crippen LogP contribution in [0.1, 0.15) is 30.9 Å². The Morgan fingerprint density at radius 1 is 1.17 bits per heavy atom. The zero-order valence-electron chi connectivity index (χ0n) is 13.9. The summed E-state index contributed by atoms with van der Waals surface area (Å²) in [6, 6.07) is 18.1. The van der Waals surface area contributed by atoms with Gasteiger partial charge in [0.05, 0.1) is 31.5 Å². The molecule has 1 saturated carbocycles. The number of ether oxygens (including phenoxy) is 1. The molecular weight excluding hydrogens is 302 g/mol. The van der Waals surface area contributed by atoms with Crippen LogP contribution < -0.4 is 9.80 Å². The van der Waals surface area contributed by atoms with Crippen molar-refractivity contribution in [3.8, 4) is 5.75 Å². The molecule has 1 N–H and O–H groups in total. The van der Waals surface area contributed by atoms with Gasteiger partial charge in [0.2, 0.25) is 0 Å². The zero-order valence-corrected chi connectivity index (χ0v) is 13.9. The number of hydroxylamine groups is 1. The lowest BCUT2D eigenvalue weighted by atomic mass is 9.75. The largest absolute Gasteiger partial charge is 0.496 e. The van der Waals surface area contributed by atoms with E-state index in [4.69, 9.17) is 9.57 Å². The van der Waals surface area contributed by atoms with E-state index in [1.54, 1.807) is 7.11 Å². The molecule has 0 amide bonds. The van der Waals surface area contributed by atoms with Gasteiger partial charge >= 0.3 is 0 Å². The molecule has 0 unspecified atom stereocenters. The molecule has 1 aliphatic carbocycles. The van der Waals surface area contributed by atoms with Crippen LogP contribution in [0.25, 0.3) is 0 Å². The maximum atomic E-state index is 10.3. The predicted octanol–water partition coefficient (Wildman–Crippen LogP) is 3.72. The van der Waals surface area contributed by atoms with E-state index in [0.29, 0.717) is 0 Å². The van der Waals surface area contributed by atoms with Crippen LogP contribution in [-0.4, -0.2) is 24.9 Å². The van der Waals surface area contributed by atoms with E-state index in [2.05, 4.69) is 18.2 Å². The van der Waals surface area contributed by atoms with Crippen LogP contribution >= 0.6 is 0 Å². The summed E-state index contributed by atoms with van der Waals surface area (Å²) in [5, 5.41) is 12.3. The second-order valence-electron chi connectivity index (χ2n) is 6.68. The maximum absolute atomic E-state index is 10.3. The van der Waals surface area contributed by atoms with Gasteiger partial charge in [-0.05, 0) is 37.5 Å². The molecule has 24 heavy (non-hydrogen) atoms. The summed E-state index contributed by atoms with van der Waals surface area (Å²) in [6.07, 6.45) is 3.06. The molecular formula is C20H23NO3. The van der Waals surface area contributed by atoms with Gasteiger partial charge in [-0.25, -0.2) is 5.06 Å². The van der Waals surface area contributed by atoms with Crippen LogP contribution in [0.3, 0.4) is 0 Å². The quantitative estimate of drug-likeness (QED) is 0.930. The van der Waals surface area contributed by atoms with E-state index in [-0.39, 0.29) is 24.2 Å². The monoisotopic (exact) mass is 325 g/mol. The second kappa shape index (κ2) is 6.11. The number of methoxy groups -OCH3 is 1. The van der Waals surface area contributed by atoms with Crippen LogP contribution in [0, 0.1) is 5.41 Å². The molecule has 2 aromatic carbocycles. The van der Waals surface area contributed by atoms with Crippen molar-refractivity contribution in [2.45, 2.75) is 31.4 Å². The van der Waals surface area contributed by atoms with Crippen molar-refractivity contribution in [2.24, 2.45) is 5.41 Å². The molecule has 0 bridgehead atoms. The lowest BCUT2D eigenvalue weighted by molar-refractivity contribution is 0.0279. The number of rotatable bonds is 4. The molecule has 1 heterocycles. The third kappa shape index (κ3) is 2.21. The van der Waals surface area contributed by atoms with E-state index < -0.39 is 0 Å². The molecule has 2 fully saturated rings. The number of fused-ring (bicyclic) bond motifs is 1. The minimum atomic E-state index is -0.287. The average Bonchev–Trinajstić information content (AvgIpc) is 3.18. The number of hydrogen-bond donors (Lipinski definition) is 1. The highest BCUT2D eigenvalue weighted by Crippen LogP contribution is 2.58. The minimum absolute atomic E-state index is 0.0395. The van der Waals surface area contributed by atoms with Crippen LogP contribution in [0.2, 0.25) is 0 Å². The lowest BCUT2D eigenvalue weighted by Crippen LogP contribution is -2.37. The van der Waals surface area contributed by atoms with Crippen LogP contribution in [0.5, 0.6) is 5.75 Å². The molecule has 0 spiro atoms. The highest BCUT2D eigenvalue weighted by atomic mass is 16.7. The summed E-state index contributed by atoms with van der Waals surface area (Å²) in [6.45, 7) is 0.115. The van der Waals surface area contributed by atoms with Crippen molar-refractivity contribution in [3.63, 3.8) is 0 Å². The first-order chi connectivity index (χ1) is 11.8. The van der Waals surface area contributed by atoms with Gasteiger partial charge in [0.25, 0.3) is 0 Å². The lowest BCUT2D eigenvalue weighted by Gasteiger charge is -2.35. The van der Waals surface area contributed by atoms with Crippen LogP contribution in [0.15, 0.2) is 54.6 Å². The molecule has 126 valence electrons. The van der Waals surface area contributed by atoms with E-state index in [1.807, 2.05) is 41.5 Å². The van der Waals surface area contributed by atoms with Gasteiger partial charge in [0.1, 0.15) is 5.75 Å². The van der Waals surface area contributed by atoms with Gasteiger partial charge in [-0.3, -0.25) is 4.84 Å². The summed E-state index contributed by atoms with van der Waals surface area (Å²) in [5.74, 6) is 0.840. The Morgan fingerprint density at radius 3 is 2.67 bits per heavy atom. The Labute approximate surface area is 142 Å². The van der Waals surface area contributed by atoms with E-state index >= 15 is 0 Å². The van der Waals surface area contributed by atoms with E-state index in [9.17, 15) is 5.11 Å². The Balaban J connectivity index is 1.86. The van der Waals surface area contributed by atoms with E-state index in [1.165, 1.54) is 0 Å². The summed E-state index contributed by atoms with van der Waals surface area (Å²) in [5.41, 5.74) is 1.79. The fourth-order valence-electron chi connectivity index (χ4n) is 4.35. The first kappa shape index (κ1) is 15.5. The molecule has 2 aliphatic rings. The molecule has 1 saturated heterocycles. The third-order valence-electron chi connectivity index (χ3n) is 5.51. The normalized spacial score (nSPS) is 28.8. The Bertz CT molecular complexity index is 705. The Morgan fingerprint density at radius 2 is 1.92 bits per heavy atom. The summed E-state index contributed by atoms with van der Waals surface area (Å²) in [4.78, 5) is 6.35. The number of hydrogen-bond acceptors (Lipinski definition) is 4. The van der Waals surface area contributed by atoms with Gasteiger partial charge in [0, 0.05) is 11.0 Å². The highest BCUT2D eigenvalue weighted by molar-refractivity contribution is 5.51. The van der Waals surface area contributed by atoms with Gasteiger partial charge in [-0.2, -0.15) is 0 Å². The number of anilines is 1. The third-order valence-corrected chi connectivity index (χ3v) is 5.51. The number of benzene rings is 2. The topological polar surface area (TPSA) is 41.9 Å². The molecule has 2 aromatic rings. The summed E-state index contributed by atoms with van der Waals surface area (Å²) >= 11 is 0. The first-order valence-electron chi connectivity index (χ1n) is 8.55. The fraction of sp³-hybridized carbons (Fsp3) is 0.400. The van der Waals surface area contributed by atoms with Crippen molar-refractivity contribution >= 4 is 5.69 Å². The van der Waals surface area contributed by atoms with Crippen LogP contribution in [0.4, 0.5) is 5.69 Å². The SMILES string of the molecule is COc1ccccc1[C@H]1N(c2ccccc2)O[C@H]2CCC[C@]21CO. The molecule has 1 aliphatic heterocycles.